The minimum atomic E-state index is -0.216. The highest BCUT2D eigenvalue weighted by Gasteiger charge is 2.31. The van der Waals surface area contributed by atoms with E-state index in [4.69, 9.17) is 28.4 Å². The summed E-state index contributed by atoms with van der Waals surface area (Å²) >= 11 is 0. The number of nitrogens with one attached hydrogen (secondary N) is 1. The summed E-state index contributed by atoms with van der Waals surface area (Å²) in [5, 5.41) is 3.69. The van der Waals surface area contributed by atoms with Gasteiger partial charge in [-0.2, -0.15) is 0 Å². The van der Waals surface area contributed by atoms with E-state index < -0.39 is 0 Å². The van der Waals surface area contributed by atoms with Gasteiger partial charge in [0.25, 0.3) is 5.91 Å². The molecule has 0 bridgehead atoms. The van der Waals surface area contributed by atoms with E-state index in [2.05, 4.69) is 17.4 Å². The number of likely N-dealkylation sites (tertiary alicyclic amines) is 1. The molecule has 1 N–H and O–H groups in total. The van der Waals surface area contributed by atoms with Gasteiger partial charge in [0.05, 0.1) is 0 Å². The summed E-state index contributed by atoms with van der Waals surface area (Å²) in [5.41, 5.74) is 4.51. The second-order valence-electron chi connectivity index (χ2n) is 11.7. The highest BCUT2D eigenvalue weighted by Crippen LogP contribution is 2.38. The van der Waals surface area contributed by atoms with Crippen LogP contribution in [0.1, 0.15) is 46.3 Å². The monoisotopic (exact) mass is 647 g/mol. The zero-order valence-corrected chi connectivity index (χ0v) is 27.5. The van der Waals surface area contributed by atoms with Crippen LogP contribution in [0.4, 0.5) is 5.69 Å². The molecule has 3 aromatic rings. The minimum absolute atomic E-state index is 0.0224. The van der Waals surface area contributed by atoms with Gasteiger partial charge in [0.15, 0.2) is 13.6 Å². The smallest absolute Gasteiger partial charge is 0.261 e. The van der Waals surface area contributed by atoms with Crippen molar-refractivity contribution in [2.75, 3.05) is 66.5 Å². The predicted octanol–water partition coefficient (Wildman–Crippen LogP) is 4.87. The van der Waals surface area contributed by atoms with Crippen LogP contribution in [0.5, 0.6) is 17.2 Å². The Morgan fingerprint density at radius 3 is 2.38 bits per heavy atom. The average Bonchev–Trinajstić information content (AvgIpc) is 3.57. The molecule has 0 radical (unpaired) electrons. The van der Waals surface area contributed by atoms with E-state index in [0.29, 0.717) is 61.9 Å². The molecule has 2 aliphatic rings. The molecule has 1 saturated heterocycles. The molecule has 47 heavy (non-hydrogen) atoms. The third-order valence-electron chi connectivity index (χ3n) is 8.37. The third kappa shape index (κ3) is 8.94. The summed E-state index contributed by atoms with van der Waals surface area (Å²) < 4.78 is 33.3. The number of carbonyl (C=O) groups excluding carboxylic acids is 2. The molecule has 0 saturated carbocycles. The SMILES string of the molecule is COCCCC(=O)N1CC[C@H](Nc2cccc3c2CN(C(=O)c2c(OCOC)cc(OCOC)cc2OCc2ccccc2)CC3)C1. The Morgan fingerprint density at radius 1 is 0.851 bits per heavy atom. The summed E-state index contributed by atoms with van der Waals surface area (Å²) in [6.45, 7) is 3.12. The number of fused-ring (bicyclic) bond motifs is 1. The highest BCUT2D eigenvalue weighted by molar-refractivity contribution is 6.00. The Hall–Kier alpha value is -4.32. The second kappa shape index (κ2) is 17.0. The molecule has 0 spiro atoms. The standard InChI is InChI=1S/C36H45N3O8/c1-42-18-8-13-34(40)38-17-15-28(21-38)37-31-12-7-11-27-14-16-39(22-30(27)31)36(41)35-32(45-23-26-9-5-4-6-10-26)19-29(46-24-43-2)20-33(35)47-25-44-3/h4-7,9-12,19-20,28,37H,8,13-18,21-25H2,1-3H3/t28-/m0/s1. The quantitative estimate of drug-likeness (QED) is 0.172. The number of benzene rings is 3. The molecule has 11 heteroatoms. The van der Waals surface area contributed by atoms with Crippen LogP contribution in [0.15, 0.2) is 60.7 Å². The largest absolute Gasteiger partial charge is 0.488 e. The highest BCUT2D eigenvalue weighted by atomic mass is 16.7. The summed E-state index contributed by atoms with van der Waals surface area (Å²) in [4.78, 5) is 30.9. The first-order chi connectivity index (χ1) is 23.0. The topological polar surface area (TPSA) is 108 Å². The maximum atomic E-state index is 14.4. The van der Waals surface area contributed by atoms with Gasteiger partial charge in [-0.1, -0.05) is 42.5 Å². The van der Waals surface area contributed by atoms with Gasteiger partial charge in [0.2, 0.25) is 5.91 Å². The van der Waals surface area contributed by atoms with E-state index in [1.54, 1.807) is 19.2 Å². The summed E-state index contributed by atoms with van der Waals surface area (Å²) in [6.07, 6.45) is 2.78. The number of hydrogen-bond acceptors (Lipinski definition) is 9. The molecule has 0 unspecified atom stereocenters. The minimum Gasteiger partial charge on any atom is -0.488 e. The Morgan fingerprint density at radius 2 is 1.62 bits per heavy atom. The molecule has 2 heterocycles. The molecule has 2 amide bonds. The summed E-state index contributed by atoms with van der Waals surface area (Å²) in [6, 6.07) is 19.5. The van der Waals surface area contributed by atoms with Gasteiger partial charge in [0.1, 0.15) is 29.4 Å². The fraction of sp³-hybridized carbons (Fsp3) is 0.444. The molecule has 1 atom stereocenters. The lowest BCUT2D eigenvalue weighted by molar-refractivity contribution is -0.130. The van der Waals surface area contributed by atoms with Crippen LogP contribution in [-0.2, 0) is 38.6 Å². The molecule has 1 fully saturated rings. The van der Waals surface area contributed by atoms with Gasteiger partial charge in [-0.3, -0.25) is 9.59 Å². The second-order valence-corrected chi connectivity index (χ2v) is 11.7. The Labute approximate surface area is 276 Å². The molecule has 2 aliphatic heterocycles. The number of ether oxygens (including phenoxy) is 6. The van der Waals surface area contributed by atoms with Crippen molar-refractivity contribution in [3.05, 3.63) is 82.9 Å². The van der Waals surface area contributed by atoms with Gasteiger partial charge in [0, 0.05) is 84.4 Å². The lowest BCUT2D eigenvalue weighted by atomic mass is 9.96. The van der Waals surface area contributed by atoms with Crippen molar-refractivity contribution in [2.24, 2.45) is 0 Å². The van der Waals surface area contributed by atoms with Gasteiger partial charge >= 0.3 is 0 Å². The van der Waals surface area contributed by atoms with Crippen molar-refractivity contribution >= 4 is 17.5 Å². The maximum absolute atomic E-state index is 14.4. The Balaban J connectivity index is 1.37. The van der Waals surface area contributed by atoms with Crippen molar-refractivity contribution in [1.82, 2.24) is 9.80 Å². The van der Waals surface area contributed by atoms with Gasteiger partial charge in [-0.25, -0.2) is 0 Å². The van der Waals surface area contributed by atoms with Gasteiger partial charge in [-0.05, 0) is 42.0 Å². The first-order valence-corrected chi connectivity index (χ1v) is 16.0. The van der Waals surface area contributed by atoms with Crippen LogP contribution < -0.4 is 19.5 Å². The van der Waals surface area contributed by atoms with E-state index in [1.165, 1.54) is 19.8 Å². The van der Waals surface area contributed by atoms with E-state index in [0.717, 1.165) is 36.2 Å². The molecular weight excluding hydrogens is 602 g/mol. The molecule has 0 aliphatic carbocycles. The number of anilines is 1. The molecule has 252 valence electrons. The van der Waals surface area contributed by atoms with E-state index in [9.17, 15) is 9.59 Å². The van der Waals surface area contributed by atoms with Crippen molar-refractivity contribution in [2.45, 2.75) is 44.9 Å². The molecule has 0 aromatic heterocycles. The first-order valence-electron chi connectivity index (χ1n) is 16.0. The lowest BCUT2D eigenvalue weighted by Gasteiger charge is -2.32. The van der Waals surface area contributed by atoms with Crippen LogP contribution in [0, 0.1) is 0 Å². The van der Waals surface area contributed by atoms with Crippen LogP contribution >= 0.6 is 0 Å². The van der Waals surface area contributed by atoms with Gasteiger partial charge in [-0.15, -0.1) is 0 Å². The first kappa shape index (κ1) is 34.0. The number of amides is 2. The molecule has 5 rings (SSSR count). The normalized spacial score (nSPS) is 15.7. The van der Waals surface area contributed by atoms with E-state index in [1.807, 2.05) is 46.2 Å². The lowest BCUT2D eigenvalue weighted by Crippen LogP contribution is -2.37. The number of carbonyl (C=O) groups is 2. The Bertz CT molecular complexity index is 1480. The van der Waals surface area contributed by atoms with Crippen molar-refractivity contribution in [3.63, 3.8) is 0 Å². The fourth-order valence-electron chi connectivity index (χ4n) is 5.97. The maximum Gasteiger partial charge on any atom is 0.261 e. The fourth-order valence-corrected chi connectivity index (χ4v) is 5.97. The average molecular weight is 648 g/mol. The zero-order valence-electron chi connectivity index (χ0n) is 27.5. The molecule has 11 nitrogen and oxygen atoms in total. The van der Waals surface area contributed by atoms with E-state index in [-0.39, 0.29) is 38.0 Å². The summed E-state index contributed by atoms with van der Waals surface area (Å²) in [7, 11) is 4.71. The van der Waals surface area contributed by atoms with Crippen molar-refractivity contribution in [3.8, 4) is 17.2 Å². The summed E-state index contributed by atoms with van der Waals surface area (Å²) in [5.74, 6) is 1.03. The van der Waals surface area contributed by atoms with Crippen LogP contribution in [0.25, 0.3) is 0 Å². The number of hydrogen-bond donors (Lipinski definition) is 1. The van der Waals surface area contributed by atoms with Crippen molar-refractivity contribution in [1.29, 1.82) is 0 Å². The zero-order chi connectivity index (χ0) is 33.0. The van der Waals surface area contributed by atoms with Crippen molar-refractivity contribution < 1.29 is 38.0 Å². The van der Waals surface area contributed by atoms with E-state index >= 15 is 0 Å². The molecule has 3 aromatic carbocycles. The number of rotatable bonds is 16. The predicted molar refractivity (Wildman–Crippen MR) is 177 cm³/mol. The Kier molecular flexibility index (Phi) is 12.3. The molecular formula is C36H45N3O8. The number of nitrogens with zero attached hydrogens (tertiary/aromatic N) is 2. The van der Waals surface area contributed by atoms with Crippen LogP contribution in [0.2, 0.25) is 0 Å². The van der Waals surface area contributed by atoms with Crippen LogP contribution in [-0.4, -0.2) is 88.8 Å². The number of methoxy groups -OCH3 is 3. The van der Waals surface area contributed by atoms with Crippen LogP contribution in [0.3, 0.4) is 0 Å². The third-order valence-corrected chi connectivity index (χ3v) is 8.37. The van der Waals surface area contributed by atoms with Gasteiger partial charge < -0.3 is 43.5 Å².